The highest BCUT2D eigenvalue weighted by atomic mass is 79.9. The van der Waals surface area contributed by atoms with Crippen LogP contribution in [-0.2, 0) is 4.74 Å². The molecule has 2 rings (SSSR count). The summed E-state index contributed by atoms with van der Waals surface area (Å²) in [5.74, 6) is 0.774. The van der Waals surface area contributed by atoms with Crippen LogP contribution in [0.25, 0.3) is 0 Å². The van der Waals surface area contributed by atoms with Crippen molar-refractivity contribution in [3.63, 3.8) is 0 Å². The van der Waals surface area contributed by atoms with Gasteiger partial charge < -0.3 is 4.74 Å². The Morgan fingerprint density at radius 2 is 2.42 bits per heavy atom. The Labute approximate surface area is 81.7 Å². The smallest absolute Gasteiger partial charge is 0.0706 e. The Hall–Kier alpha value is 0.140. The van der Waals surface area contributed by atoms with E-state index in [-0.39, 0.29) is 0 Å². The van der Waals surface area contributed by atoms with Gasteiger partial charge in [0.15, 0.2) is 0 Å². The molecule has 0 aromatic heterocycles. The predicted octanol–water partition coefficient (Wildman–Crippen LogP) is 1.62. The first-order chi connectivity index (χ1) is 5.74. The molecule has 0 aromatic carbocycles. The van der Waals surface area contributed by atoms with E-state index in [4.69, 9.17) is 4.74 Å². The summed E-state index contributed by atoms with van der Waals surface area (Å²) in [5, 5.41) is 0. The average Bonchev–Trinajstić information content (AvgIpc) is 2.29. The van der Waals surface area contributed by atoms with Crippen molar-refractivity contribution in [3.8, 4) is 0 Å². The van der Waals surface area contributed by atoms with Crippen LogP contribution >= 0.6 is 15.9 Å². The van der Waals surface area contributed by atoms with Gasteiger partial charge in [0.1, 0.15) is 0 Å². The second-order valence-corrected chi connectivity index (χ2v) is 4.89. The Morgan fingerprint density at radius 1 is 1.58 bits per heavy atom. The molecule has 0 aromatic rings. The average molecular weight is 232 g/mol. The number of hydrogen-bond acceptors (Lipinski definition) is 2. The van der Waals surface area contributed by atoms with E-state index < -0.39 is 0 Å². The van der Waals surface area contributed by atoms with Crippen molar-refractivity contribution in [1.82, 2.24) is 4.90 Å². The quantitative estimate of drug-likeness (QED) is 0.717. The SMILES string of the molecule is C=C(Br)CN1CC2COC(C2)C1. The maximum Gasteiger partial charge on any atom is 0.0706 e. The zero-order chi connectivity index (χ0) is 8.55. The number of rotatable bonds is 2. The summed E-state index contributed by atoms with van der Waals surface area (Å²) in [4.78, 5) is 2.42. The third-order valence-electron chi connectivity index (χ3n) is 2.54. The minimum Gasteiger partial charge on any atom is -0.377 e. The molecule has 0 aliphatic carbocycles. The van der Waals surface area contributed by atoms with Crippen molar-refractivity contribution in [2.24, 2.45) is 5.92 Å². The van der Waals surface area contributed by atoms with Gasteiger partial charge in [-0.2, -0.15) is 0 Å². The van der Waals surface area contributed by atoms with Crippen molar-refractivity contribution in [1.29, 1.82) is 0 Å². The summed E-state index contributed by atoms with van der Waals surface area (Å²) < 4.78 is 6.68. The Balaban J connectivity index is 1.89. The molecule has 68 valence electrons. The molecule has 0 amide bonds. The molecule has 0 radical (unpaired) electrons. The number of hydrogen-bond donors (Lipinski definition) is 0. The third kappa shape index (κ3) is 1.90. The zero-order valence-electron chi connectivity index (χ0n) is 7.13. The van der Waals surface area contributed by atoms with Crippen molar-refractivity contribution in [2.75, 3.05) is 26.2 Å². The van der Waals surface area contributed by atoms with E-state index in [0.717, 1.165) is 30.1 Å². The molecule has 0 saturated carbocycles. The van der Waals surface area contributed by atoms with Gasteiger partial charge in [-0.1, -0.05) is 22.5 Å². The maximum absolute atomic E-state index is 5.60. The first kappa shape index (κ1) is 8.73. The summed E-state index contributed by atoms with van der Waals surface area (Å²) >= 11 is 3.39. The van der Waals surface area contributed by atoms with Gasteiger partial charge in [-0.15, -0.1) is 0 Å². The third-order valence-corrected chi connectivity index (χ3v) is 2.79. The minimum absolute atomic E-state index is 0.496. The monoisotopic (exact) mass is 231 g/mol. The van der Waals surface area contributed by atoms with Gasteiger partial charge >= 0.3 is 0 Å². The lowest BCUT2D eigenvalue weighted by Gasteiger charge is -2.29. The number of ether oxygens (including phenoxy) is 1. The van der Waals surface area contributed by atoms with Crippen LogP contribution < -0.4 is 0 Å². The van der Waals surface area contributed by atoms with Gasteiger partial charge in [-0.05, 0) is 12.3 Å². The largest absolute Gasteiger partial charge is 0.377 e. The van der Waals surface area contributed by atoms with Crippen molar-refractivity contribution >= 4 is 15.9 Å². The first-order valence-corrected chi connectivity index (χ1v) is 5.20. The van der Waals surface area contributed by atoms with Crippen LogP contribution in [0.2, 0.25) is 0 Å². The molecule has 2 aliphatic heterocycles. The lowest BCUT2D eigenvalue weighted by atomic mass is 10.0. The number of nitrogens with zero attached hydrogens (tertiary/aromatic N) is 1. The van der Waals surface area contributed by atoms with Crippen LogP contribution in [0.3, 0.4) is 0 Å². The molecule has 2 nitrogen and oxygen atoms in total. The molecular weight excluding hydrogens is 218 g/mol. The highest BCUT2D eigenvalue weighted by Gasteiger charge is 2.33. The summed E-state index contributed by atoms with van der Waals surface area (Å²) in [5.41, 5.74) is 0. The van der Waals surface area contributed by atoms with E-state index >= 15 is 0 Å². The van der Waals surface area contributed by atoms with Gasteiger partial charge in [0.25, 0.3) is 0 Å². The lowest BCUT2D eigenvalue weighted by Crippen LogP contribution is -2.39. The minimum atomic E-state index is 0.496. The van der Waals surface area contributed by atoms with E-state index in [1.807, 2.05) is 0 Å². The predicted molar refractivity (Wildman–Crippen MR) is 52.4 cm³/mol. The zero-order valence-corrected chi connectivity index (χ0v) is 8.72. The molecule has 0 N–H and O–H groups in total. The van der Waals surface area contributed by atoms with Gasteiger partial charge in [0.05, 0.1) is 12.7 Å². The number of piperidine rings is 1. The van der Waals surface area contributed by atoms with Crippen molar-refractivity contribution in [3.05, 3.63) is 11.1 Å². The van der Waals surface area contributed by atoms with Crippen LogP contribution in [-0.4, -0.2) is 37.2 Å². The van der Waals surface area contributed by atoms with Gasteiger partial charge in [0.2, 0.25) is 0 Å². The highest BCUT2D eigenvalue weighted by Crippen LogP contribution is 2.27. The summed E-state index contributed by atoms with van der Waals surface area (Å²) in [6.07, 6.45) is 1.77. The summed E-state index contributed by atoms with van der Waals surface area (Å²) in [6, 6.07) is 0. The molecule has 2 bridgehead atoms. The molecule has 2 atom stereocenters. The van der Waals surface area contributed by atoms with Crippen molar-refractivity contribution in [2.45, 2.75) is 12.5 Å². The molecule has 2 aliphatic rings. The summed E-state index contributed by atoms with van der Waals surface area (Å²) in [6.45, 7) is 8.06. The normalized spacial score (nSPS) is 35.4. The molecule has 2 saturated heterocycles. The van der Waals surface area contributed by atoms with E-state index in [1.54, 1.807) is 0 Å². The van der Waals surface area contributed by atoms with Gasteiger partial charge in [-0.25, -0.2) is 0 Å². The van der Waals surface area contributed by atoms with Gasteiger partial charge in [-0.3, -0.25) is 4.90 Å². The lowest BCUT2D eigenvalue weighted by molar-refractivity contribution is 0.0881. The molecular formula is C9H14BrNO. The van der Waals surface area contributed by atoms with E-state index in [2.05, 4.69) is 27.4 Å². The fourth-order valence-electron chi connectivity index (χ4n) is 2.13. The van der Waals surface area contributed by atoms with Crippen LogP contribution in [0.1, 0.15) is 6.42 Å². The van der Waals surface area contributed by atoms with Crippen molar-refractivity contribution < 1.29 is 4.74 Å². The maximum atomic E-state index is 5.60. The van der Waals surface area contributed by atoms with Crippen LogP contribution in [0.5, 0.6) is 0 Å². The Bertz CT molecular complexity index is 183. The molecule has 2 fully saturated rings. The second-order valence-electron chi connectivity index (χ2n) is 3.77. The molecule has 3 heteroatoms. The standard InChI is InChI=1S/C9H14BrNO/c1-7(10)3-11-4-8-2-9(5-11)12-6-8/h8-9H,1-6H2. The van der Waals surface area contributed by atoms with Crippen LogP contribution in [0.15, 0.2) is 11.1 Å². The van der Waals surface area contributed by atoms with Crippen LogP contribution in [0, 0.1) is 5.92 Å². The Morgan fingerprint density at radius 3 is 3.08 bits per heavy atom. The van der Waals surface area contributed by atoms with Gasteiger partial charge in [0, 0.05) is 24.1 Å². The Kier molecular flexibility index (Phi) is 2.53. The molecule has 0 spiro atoms. The summed E-state index contributed by atoms with van der Waals surface area (Å²) in [7, 11) is 0. The fourth-order valence-corrected chi connectivity index (χ4v) is 2.49. The highest BCUT2D eigenvalue weighted by molar-refractivity contribution is 9.11. The second kappa shape index (κ2) is 3.48. The van der Waals surface area contributed by atoms with Crippen LogP contribution in [0.4, 0.5) is 0 Å². The fraction of sp³-hybridized carbons (Fsp3) is 0.778. The first-order valence-electron chi connectivity index (χ1n) is 4.41. The van der Waals surface area contributed by atoms with E-state index in [1.165, 1.54) is 13.0 Å². The number of likely N-dealkylation sites (tertiary alicyclic amines) is 1. The van der Waals surface area contributed by atoms with E-state index in [0.29, 0.717) is 6.10 Å². The molecule has 2 heterocycles. The topological polar surface area (TPSA) is 12.5 Å². The molecule has 2 unspecified atom stereocenters. The molecule has 12 heavy (non-hydrogen) atoms. The number of halogens is 1. The van der Waals surface area contributed by atoms with E-state index in [9.17, 15) is 0 Å². The number of fused-ring (bicyclic) bond motifs is 2.